The van der Waals surface area contributed by atoms with Crippen molar-refractivity contribution in [3.63, 3.8) is 0 Å². The molecule has 0 unspecified atom stereocenters. The molecule has 2 aromatic rings. The van der Waals surface area contributed by atoms with E-state index in [1.165, 1.54) is 24.3 Å². The van der Waals surface area contributed by atoms with E-state index in [1.807, 2.05) is 6.92 Å². The first-order valence-corrected chi connectivity index (χ1v) is 6.45. The number of benzene rings is 1. The molecule has 0 fully saturated rings. The molecule has 6 heteroatoms. The lowest BCUT2D eigenvalue weighted by Crippen LogP contribution is -2.32. The number of amides is 2. The maximum absolute atomic E-state index is 12.8. The van der Waals surface area contributed by atoms with Crippen molar-refractivity contribution in [1.82, 2.24) is 10.3 Å². The molecule has 3 N–H and O–H groups in total. The van der Waals surface area contributed by atoms with Crippen LogP contribution in [0, 0.1) is 12.7 Å². The maximum Gasteiger partial charge on any atom is 0.319 e. The molecule has 0 aliphatic carbocycles. The van der Waals surface area contributed by atoms with Gasteiger partial charge in [-0.15, -0.1) is 0 Å². The molecule has 5 nitrogen and oxygen atoms in total. The van der Waals surface area contributed by atoms with Gasteiger partial charge in [-0.25, -0.2) is 9.18 Å². The van der Waals surface area contributed by atoms with Gasteiger partial charge in [-0.05, 0) is 36.8 Å². The Kier molecular flexibility index (Phi) is 4.84. The van der Waals surface area contributed by atoms with Crippen molar-refractivity contribution in [1.29, 1.82) is 0 Å². The van der Waals surface area contributed by atoms with E-state index in [0.29, 0.717) is 11.3 Å². The highest BCUT2D eigenvalue weighted by Gasteiger charge is 2.09. The van der Waals surface area contributed by atoms with Gasteiger partial charge in [0.25, 0.3) is 0 Å². The standard InChI is InChI=1S/C15H16FN3O2/c1-10-8-13(6-7-17-10)19-15(21)18-9-14(20)11-2-4-12(16)5-3-11/h2-8,14,20H,9H2,1H3,(H2,17,18,19,21)/t14-/m1/s1. The summed E-state index contributed by atoms with van der Waals surface area (Å²) in [5.74, 6) is -0.371. The van der Waals surface area contributed by atoms with Crippen LogP contribution >= 0.6 is 0 Å². The number of rotatable bonds is 4. The maximum atomic E-state index is 12.8. The van der Waals surface area contributed by atoms with E-state index in [9.17, 15) is 14.3 Å². The number of nitrogens with one attached hydrogen (secondary N) is 2. The predicted molar refractivity (Wildman–Crippen MR) is 77.4 cm³/mol. The number of pyridine rings is 1. The number of carbonyl (C=O) groups excluding carboxylic acids is 1. The Morgan fingerprint density at radius 2 is 2.05 bits per heavy atom. The van der Waals surface area contributed by atoms with E-state index in [2.05, 4.69) is 15.6 Å². The quantitative estimate of drug-likeness (QED) is 0.809. The number of aryl methyl sites for hydroxylation is 1. The summed E-state index contributed by atoms with van der Waals surface area (Å²) in [6.45, 7) is 1.85. The average Bonchev–Trinajstić information content (AvgIpc) is 2.45. The number of aromatic nitrogens is 1. The van der Waals surface area contributed by atoms with Gasteiger partial charge in [-0.2, -0.15) is 0 Å². The van der Waals surface area contributed by atoms with Crippen LogP contribution in [0.3, 0.4) is 0 Å². The number of aliphatic hydroxyl groups excluding tert-OH is 1. The number of halogens is 1. The Bertz CT molecular complexity index is 617. The number of anilines is 1. The van der Waals surface area contributed by atoms with Crippen LogP contribution in [0.5, 0.6) is 0 Å². The van der Waals surface area contributed by atoms with Gasteiger partial charge in [0.1, 0.15) is 5.82 Å². The van der Waals surface area contributed by atoms with Gasteiger partial charge in [0.2, 0.25) is 0 Å². The number of aliphatic hydroxyl groups is 1. The molecule has 0 saturated carbocycles. The van der Waals surface area contributed by atoms with E-state index in [1.54, 1.807) is 18.3 Å². The molecule has 0 bridgehead atoms. The van der Waals surface area contributed by atoms with Crippen molar-refractivity contribution in [2.24, 2.45) is 0 Å². The lowest BCUT2D eigenvalue weighted by atomic mass is 10.1. The fraction of sp³-hybridized carbons (Fsp3) is 0.200. The highest BCUT2D eigenvalue weighted by Crippen LogP contribution is 2.12. The SMILES string of the molecule is Cc1cc(NC(=O)NC[C@@H](O)c2ccc(F)cc2)ccn1. The second-order valence-corrected chi connectivity index (χ2v) is 4.59. The molecule has 21 heavy (non-hydrogen) atoms. The number of hydrogen-bond acceptors (Lipinski definition) is 3. The largest absolute Gasteiger partial charge is 0.387 e. The second kappa shape index (κ2) is 6.81. The van der Waals surface area contributed by atoms with E-state index >= 15 is 0 Å². The molecule has 2 amide bonds. The second-order valence-electron chi connectivity index (χ2n) is 4.59. The first-order valence-electron chi connectivity index (χ1n) is 6.45. The Morgan fingerprint density at radius 1 is 1.33 bits per heavy atom. The molecular formula is C15H16FN3O2. The molecule has 1 atom stereocenters. The summed E-state index contributed by atoms with van der Waals surface area (Å²) in [6.07, 6.45) is 0.703. The predicted octanol–water partition coefficient (Wildman–Crippen LogP) is 2.38. The van der Waals surface area contributed by atoms with Crippen LogP contribution in [-0.4, -0.2) is 22.7 Å². The smallest absolute Gasteiger partial charge is 0.319 e. The van der Waals surface area contributed by atoms with Crippen LogP contribution in [0.2, 0.25) is 0 Å². The zero-order chi connectivity index (χ0) is 15.2. The molecule has 2 rings (SSSR count). The van der Waals surface area contributed by atoms with Crippen molar-refractivity contribution in [3.05, 3.63) is 59.7 Å². The monoisotopic (exact) mass is 289 g/mol. The van der Waals surface area contributed by atoms with Gasteiger partial charge in [-0.3, -0.25) is 4.98 Å². The lowest BCUT2D eigenvalue weighted by molar-refractivity contribution is 0.175. The van der Waals surface area contributed by atoms with Crippen LogP contribution in [-0.2, 0) is 0 Å². The minimum atomic E-state index is -0.893. The van der Waals surface area contributed by atoms with Crippen LogP contribution in [0.15, 0.2) is 42.6 Å². The number of urea groups is 1. The number of hydrogen-bond donors (Lipinski definition) is 3. The lowest BCUT2D eigenvalue weighted by Gasteiger charge is -2.13. The van der Waals surface area contributed by atoms with Gasteiger partial charge >= 0.3 is 6.03 Å². The molecule has 0 saturated heterocycles. The van der Waals surface area contributed by atoms with Crippen LogP contribution in [0.4, 0.5) is 14.9 Å². The Morgan fingerprint density at radius 3 is 2.71 bits per heavy atom. The Labute approximate surface area is 121 Å². The van der Waals surface area contributed by atoms with Crippen molar-refractivity contribution in [2.45, 2.75) is 13.0 Å². The van der Waals surface area contributed by atoms with Gasteiger partial charge in [-0.1, -0.05) is 12.1 Å². The Hall–Kier alpha value is -2.47. The minimum absolute atomic E-state index is 0.0293. The first kappa shape index (κ1) is 14.9. The van der Waals surface area contributed by atoms with Crippen molar-refractivity contribution in [2.75, 3.05) is 11.9 Å². The molecule has 0 spiro atoms. The topological polar surface area (TPSA) is 74.2 Å². The van der Waals surface area contributed by atoms with E-state index < -0.39 is 12.1 Å². The minimum Gasteiger partial charge on any atom is -0.387 e. The molecule has 1 aromatic heterocycles. The summed E-state index contributed by atoms with van der Waals surface area (Å²) in [4.78, 5) is 15.7. The number of carbonyl (C=O) groups is 1. The van der Waals surface area contributed by atoms with E-state index in [4.69, 9.17) is 0 Å². The van der Waals surface area contributed by atoms with Crippen LogP contribution in [0.25, 0.3) is 0 Å². The third kappa shape index (κ3) is 4.54. The zero-order valence-electron chi connectivity index (χ0n) is 11.5. The summed E-state index contributed by atoms with van der Waals surface area (Å²) in [5, 5.41) is 15.1. The molecule has 0 aliphatic heterocycles. The summed E-state index contributed by atoms with van der Waals surface area (Å²) >= 11 is 0. The highest BCUT2D eigenvalue weighted by molar-refractivity contribution is 5.89. The van der Waals surface area contributed by atoms with E-state index in [0.717, 1.165) is 5.69 Å². The Balaban J connectivity index is 1.84. The van der Waals surface area contributed by atoms with Crippen molar-refractivity contribution >= 4 is 11.7 Å². The van der Waals surface area contributed by atoms with Gasteiger partial charge in [0.05, 0.1) is 6.10 Å². The van der Waals surface area contributed by atoms with Crippen LogP contribution < -0.4 is 10.6 Å². The molecule has 110 valence electrons. The average molecular weight is 289 g/mol. The molecular weight excluding hydrogens is 273 g/mol. The molecule has 0 radical (unpaired) electrons. The normalized spacial score (nSPS) is 11.8. The molecule has 1 heterocycles. The van der Waals surface area contributed by atoms with Gasteiger partial charge in [0.15, 0.2) is 0 Å². The summed E-state index contributed by atoms with van der Waals surface area (Å²) < 4.78 is 12.8. The molecule has 0 aliphatic rings. The van der Waals surface area contributed by atoms with Gasteiger partial charge in [0, 0.05) is 24.1 Å². The fourth-order valence-corrected chi connectivity index (χ4v) is 1.79. The number of nitrogens with zero attached hydrogens (tertiary/aromatic N) is 1. The third-order valence-corrected chi connectivity index (χ3v) is 2.87. The van der Waals surface area contributed by atoms with Crippen molar-refractivity contribution < 1.29 is 14.3 Å². The zero-order valence-corrected chi connectivity index (χ0v) is 11.5. The third-order valence-electron chi connectivity index (χ3n) is 2.87. The van der Waals surface area contributed by atoms with Crippen LogP contribution in [0.1, 0.15) is 17.4 Å². The first-order chi connectivity index (χ1) is 10.0. The van der Waals surface area contributed by atoms with Gasteiger partial charge < -0.3 is 15.7 Å². The van der Waals surface area contributed by atoms with E-state index in [-0.39, 0.29) is 12.4 Å². The summed E-state index contributed by atoms with van der Waals surface area (Å²) in [7, 11) is 0. The molecule has 1 aromatic carbocycles. The summed E-state index contributed by atoms with van der Waals surface area (Å²) in [5.41, 5.74) is 1.95. The fourth-order valence-electron chi connectivity index (χ4n) is 1.79. The summed E-state index contributed by atoms with van der Waals surface area (Å²) in [6, 6.07) is 8.45. The highest BCUT2D eigenvalue weighted by atomic mass is 19.1. The van der Waals surface area contributed by atoms with Crippen molar-refractivity contribution in [3.8, 4) is 0 Å².